The average molecular weight is 417 g/mol. The molecule has 4 rings (SSSR count). The summed E-state index contributed by atoms with van der Waals surface area (Å²) in [5.74, 6) is -2.26. The van der Waals surface area contributed by atoms with Crippen LogP contribution in [0, 0.1) is 11.6 Å². The van der Waals surface area contributed by atoms with Crippen LogP contribution < -0.4 is 20.5 Å². The molecule has 2 unspecified atom stereocenters. The highest BCUT2D eigenvalue weighted by atomic mass is 35.5. The molecule has 152 valence electrons. The number of halogens is 3. The Kier molecular flexibility index (Phi) is 5.35. The summed E-state index contributed by atoms with van der Waals surface area (Å²) in [5, 5.41) is 8.46. The fourth-order valence-electron chi connectivity index (χ4n) is 3.98. The maximum absolute atomic E-state index is 15.4. The second-order valence-electron chi connectivity index (χ2n) is 6.64. The first kappa shape index (κ1) is 20.2. The second kappa shape index (κ2) is 7.44. The molecule has 28 heavy (non-hydrogen) atoms. The molecule has 2 fully saturated rings. The molecule has 1 aromatic carbocycles. The number of hydrogen-bond donors (Lipinski definition) is 2. The lowest BCUT2D eigenvalue weighted by Gasteiger charge is -2.36. The van der Waals surface area contributed by atoms with E-state index in [1.165, 1.54) is 7.05 Å². The van der Waals surface area contributed by atoms with E-state index < -0.39 is 29.0 Å². The van der Waals surface area contributed by atoms with E-state index in [-0.39, 0.29) is 35.0 Å². The van der Waals surface area contributed by atoms with Gasteiger partial charge in [-0.25, -0.2) is 13.6 Å². The van der Waals surface area contributed by atoms with E-state index in [1.807, 2.05) is 0 Å². The number of aromatic nitrogens is 1. The number of fused-ring (bicyclic) bond motifs is 3. The van der Waals surface area contributed by atoms with Crippen molar-refractivity contribution in [1.82, 2.24) is 9.58 Å². The minimum Gasteiger partial charge on any atom is -0.449 e. The third kappa shape index (κ3) is 3.12. The van der Waals surface area contributed by atoms with Crippen LogP contribution in [0.25, 0.3) is 10.9 Å². The quantitative estimate of drug-likeness (QED) is 0.738. The Balaban J connectivity index is 0.00000225. The Morgan fingerprint density at radius 2 is 2.07 bits per heavy atom. The standard InChI is InChI=1S/C17H18F2N4O4.ClH/c1-20-23-8-12(27-17(25)26)16(24)10-6-11(18)15(13(19)14(10)23)22-5-4-21-3-2-9(22)7-21;/h6,8-9,20H,2-5,7H2,1H3,(H,25,26);1H. The van der Waals surface area contributed by atoms with Crippen molar-refractivity contribution >= 4 is 35.2 Å². The number of carboxylic acid groups (broad SMARTS) is 1. The summed E-state index contributed by atoms with van der Waals surface area (Å²) >= 11 is 0. The van der Waals surface area contributed by atoms with E-state index in [0.717, 1.165) is 43.0 Å². The van der Waals surface area contributed by atoms with Gasteiger partial charge in [0.05, 0.1) is 11.6 Å². The molecule has 0 radical (unpaired) electrons. The summed E-state index contributed by atoms with van der Waals surface area (Å²) in [6, 6.07) is 0.963. The van der Waals surface area contributed by atoms with Crippen LogP contribution in [0.2, 0.25) is 0 Å². The van der Waals surface area contributed by atoms with Crippen molar-refractivity contribution in [2.45, 2.75) is 12.5 Å². The molecule has 2 aliphatic heterocycles. The number of nitrogens with one attached hydrogen (secondary N) is 1. The SMILES string of the molecule is CNn1cc(OC(=O)O)c(=O)c2cc(F)c(N3CCN4CCC3C4)c(F)c21.Cl. The minimum absolute atomic E-state index is 0. The van der Waals surface area contributed by atoms with Crippen molar-refractivity contribution in [1.29, 1.82) is 0 Å². The zero-order valence-corrected chi connectivity index (χ0v) is 15.8. The topological polar surface area (TPSA) is 87.0 Å². The normalized spacial score (nSPS) is 20.8. The molecular weight excluding hydrogens is 398 g/mol. The number of hydrogen-bond acceptors (Lipinski definition) is 6. The van der Waals surface area contributed by atoms with Gasteiger partial charge in [-0.05, 0) is 12.5 Å². The Morgan fingerprint density at radius 1 is 1.32 bits per heavy atom. The van der Waals surface area contributed by atoms with Crippen LogP contribution >= 0.6 is 12.4 Å². The highest BCUT2D eigenvalue weighted by molar-refractivity contribution is 5.86. The Morgan fingerprint density at radius 3 is 2.75 bits per heavy atom. The smallest absolute Gasteiger partial charge is 0.449 e. The molecule has 2 aromatic rings. The maximum Gasteiger partial charge on any atom is 0.511 e. The van der Waals surface area contributed by atoms with Gasteiger partial charge >= 0.3 is 6.16 Å². The Hall–Kier alpha value is -2.59. The maximum atomic E-state index is 15.4. The third-order valence-electron chi connectivity index (χ3n) is 5.19. The second-order valence-corrected chi connectivity index (χ2v) is 6.64. The van der Waals surface area contributed by atoms with Gasteiger partial charge in [0.25, 0.3) is 0 Å². The van der Waals surface area contributed by atoms with Crippen LogP contribution in [0.15, 0.2) is 17.1 Å². The fourth-order valence-corrected chi connectivity index (χ4v) is 3.98. The van der Waals surface area contributed by atoms with Gasteiger partial charge < -0.3 is 20.2 Å². The largest absolute Gasteiger partial charge is 0.511 e. The lowest BCUT2D eigenvalue weighted by Crippen LogP contribution is -2.47. The molecule has 11 heteroatoms. The van der Waals surface area contributed by atoms with Crippen LogP contribution in [0.3, 0.4) is 0 Å². The van der Waals surface area contributed by atoms with Crippen LogP contribution in [0.1, 0.15) is 6.42 Å². The summed E-state index contributed by atoms with van der Waals surface area (Å²) in [4.78, 5) is 27.2. The number of benzene rings is 1. The number of piperazine rings is 1. The number of anilines is 1. The van der Waals surface area contributed by atoms with Crippen molar-refractivity contribution in [2.24, 2.45) is 0 Å². The van der Waals surface area contributed by atoms with Crippen LogP contribution in [0.5, 0.6) is 5.75 Å². The fraction of sp³-hybridized carbons (Fsp3) is 0.412. The van der Waals surface area contributed by atoms with Gasteiger partial charge in [0.15, 0.2) is 5.82 Å². The predicted molar refractivity (Wildman–Crippen MR) is 102 cm³/mol. The lowest BCUT2D eigenvalue weighted by atomic mass is 10.1. The zero-order valence-electron chi connectivity index (χ0n) is 14.9. The summed E-state index contributed by atoms with van der Waals surface area (Å²) in [6.45, 7) is 2.86. The van der Waals surface area contributed by atoms with Gasteiger partial charge in [0.2, 0.25) is 11.2 Å². The van der Waals surface area contributed by atoms with Crippen molar-refractivity contribution < 1.29 is 23.4 Å². The number of rotatable bonds is 3. The Bertz CT molecular complexity index is 1000. The minimum atomic E-state index is -1.69. The molecule has 2 bridgehead atoms. The van der Waals surface area contributed by atoms with Crippen molar-refractivity contribution in [3.63, 3.8) is 0 Å². The average Bonchev–Trinajstić information content (AvgIpc) is 3.00. The molecular formula is C17H19ClF2N4O4. The first-order valence-electron chi connectivity index (χ1n) is 8.55. The van der Waals surface area contributed by atoms with E-state index in [2.05, 4.69) is 15.1 Å². The molecule has 8 nitrogen and oxygen atoms in total. The van der Waals surface area contributed by atoms with E-state index in [9.17, 15) is 14.0 Å². The van der Waals surface area contributed by atoms with Gasteiger partial charge in [-0.3, -0.25) is 14.4 Å². The van der Waals surface area contributed by atoms with E-state index >= 15 is 4.39 Å². The molecule has 2 saturated heterocycles. The van der Waals surface area contributed by atoms with Crippen LogP contribution in [-0.4, -0.2) is 60.1 Å². The van der Waals surface area contributed by atoms with E-state index in [4.69, 9.17) is 5.11 Å². The zero-order chi connectivity index (χ0) is 19.3. The molecule has 0 aliphatic carbocycles. The van der Waals surface area contributed by atoms with E-state index in [0.29, 0.717) is 6.54 Å². The van der Waals surface area contributed by atoms with Gasteiger partial charge in [-0.15, -0.1) is 12.4 Å². The summed E-state index contributed by atoms with van der Waals surface area (Å²) in [7, 11) is 1.46. The molecule has 0 saturated carbocycles. The molecule has 3 heterocycles. The van der Waals surface area contributed by atoms with Crippen LogP contribution in [0.4, 0.5) is 19.3 Å². The Labute approximate surface area is 164 Å². The number of pyridine rings is 1. The van der Waals surface area contributed by atoms with Crippen LogP contribution in [-0.2, 0) is 0 Å². The first-order valence-corrected chi connectivity index (χ1v) is 8.55. The van der Waals surface area contributed by atoms with Gasteiger partial charge in [0.1, 0.15) is 17.0 Å². The third-order valence-corrected chi connectivity index (χ3v) is 5.19. The molecule has 0 spiro atoms. The lowest BCUT2D eigenvalue weighted by molar-refractivity contribution is 0.144. The summed E-state index contributed by atoms with van der Waals surface area (Å²) in [5.41, 5.74) is 1.44. The highest BCUT2D eigenvalue weighted by Crippen LogP contribution is 2.34. The highest BCUT2D eigenvalue weighted by Gasteiger charge is 2.36. The first-order chi connectivity index (χ1) is 12.9. The summed E-state index contributed by atoms with van der Waals surface area (Å²) < 4.78 is 35.9. The number of nitrogens with zero attached hydrogens (tertiary/aromatic N) is 3. The number of carbonyl (C=O) groups is 1. The van der Waals surface area contributed by atoms with Crippen molar-refractivity contribution in [3.05, 3.63) is 34.1 Å². The molecule has 2 aliphatic rings. The van der Waals surface area contributed by atoms with Gasteiger partial charge in [-0.1, -0.05) is 0 Å². The van der Waals surface area contributed by atoms with Crippen molar-refractivity contribution in [2.75, 3.05) is 43.6 Å². The molecule has 0 amide bonds. The van der Waals surface area contributed by atoms with Crippen molar-refractivity contribution in [3.8, 4) is 5.75 Å². The predicted octanol–water partition coefficient (Wildman–Crippen LogP) is 1.83. The summed E-state index contributed by atoms with van der Waals surface area (Å²) in [6.07, 6.45) is 0.170. The monoisotopic (exact) mass is 416 g/mol. The number of ether oxygens (including phenoxy) is 1. The molecule has 2 N–H and O–H groups in total. The molecule has 2 atom stereocenters. The van der Waals surface area contributed by atoms with E-state index in [1.54, 1.807) is 4.90 Å². The van der Waals surface area contributed by atoms with Gasteiger partial charge in [-0.2, -0.15) is 0 Å². The molecule has 1 aromatic heterocycles. The van der Waals surface area contributed by atoms with Gasteiger partial charge in [0, 0.05) is 39.3 Å².